The number of sulfonamides is 1. The van der Waals surface area contributed by atoms with Crippen molar-refractivity contribution in [3.63, 3.8) is 0 Å². The third-order valence-corrected chi connectivity index (χ3v) is 3.86. The zero-order chi connectivity index (χ0) is 13.3. The van der Waals surface area contributed by atoms with Crippen LogP contribution < -0.4 is 10.5 Å². The Labute approximate surface area is 104 Å². The van der Waals surface area contributed by atoms with E-state index in [9.17, 15) is 8.42 Å². The molecule has 2 aromatic rings. The van der Waals surface area contributed by atoms with Crippen molar-refractivity contribution in [3.05, 3.63) is 29.8 Å². The Morgan fingerprint density at radius 2 is 2.11 bits per heavy atom. The highest BCUT2D eigenvalue weighted by atomic mass is 32.2. The number of rotatable bonds is 3. The molecule has 96 valence electrons. The average Bonchev–Trinajstić information content (AvgIpc) is 2.61. The van der Waals surface area contributed by atoms with Crippen molar-refractivity contribution >= 4 is 21.4 Å². The first kappa shape index (κ1) is 12.4. The predicted molar refractivity (Wildman–Crippen MR) is 67.5 cm³/mol. The van der Waals surface area contributed by atoms with E-state index in [1.807, 2.05) is 0 Å². The van der Waals surface area contributed by atoms with Gasteiger partial charge in [-0.05, 0) is 19.9 Å². The van der Waals surface area contributed by atoms with E-state index in [4.69, 9.17) is 5.73 Å². The number of aryl methyl sites for hydroxylation is 2. The van der Waals surface area contributed by atoms with Crippen molar-refractivity contribution in [2.45, 2.75) is 18.7 Å². The fourth-order valence-electron chi connectivity index (χ4n) is 1.51. The number of nitrogens with zero attached hydrogens (tertiary/aromatic N) is 2. The fraction of sp³-hybridized carbons (Fsp3) is 0.200. The molecule has 0 aliphatic carbocycles. The largest absolute Gasteiger partial charge is 0.398 e. The quantitative estimate of drug-likeness (QED) is 0.761. The number of H-pyrrole nitrogens is 1. The minimum atomic E-state index is -3.76. The van der Waals surface area contributed by atoms with Gasteiger partial charge in [-0.2, -0.15) is 5.10 Å². The van der Waals surface area contributed by atoms with E-state index in [1.165, 1.54) is 18.5 Å². The lowest BCUT2D eigenvalue weighted by Crippen LogP contribution is -2.15. The Morgan fingerprint density at radius 1 is 1.39 bits per heavy atom. The van der Waals surface area contributed by atoms with Crippen molar-refractivity contribution in [3.8, 4) is 0 Å². The second-order valence-corrected chi connectivity index (χ2v) is 5.48. The number of nitrogen functional groups attached to an aromatic ring is 1. The summed E-state index contributed by atoms with van der Waals surface area (Å²) in [7, 11) is -3.76. The molecule has 0 aliphatic heterocycles. The van der Waals surface area contributed by atoms with Gasteiger partial charge in [0, 0.05) is 12.4 Å². The Kier molecular flexibility index (Phi) is 2.95. The number of aromatic nitrogens is 3. The van der Waals surface area contributed by atoms with Crippen LogP contribution in [-0.4, -0.2) is 23.6 Å². The van der Waals surface area contributed by atoms with Gasteiger partial charge in [-0.3, -0.25) is 14.8 Å². The first-order valence-corrected chi connectivity index (χ1v) is 6.64. The molecule has 0 atom stereocenters. The fourth-order valence-corrected chi connectivity index (χ4v) is 2.76. The Balaban J connectivity index is 2.43. The summed E-state index contributed by atoms with van der Waals surface area (Å²) >= 11 is 0. The summed E-state index contributed by atoms with van der Waals surface area (Å²) in [5.74, 6) is 0. The molecule has 0 saturated carbocycles. The van der Waals surface area contributed by atoms with Gasteiger partial charge < -0.3 is 5.73 Å². The normalized spacial score (nSPS) is 11.4. The summed E-state index contributed by atoms with van der Waals surface area (Å²) in [4.78, 5) is 3.71. The number of pyridine rings is 1. The molecule has 4 N–H and O–H groups in total. The third-order valence-electron chi connectivity index (χ3n) is 2.47. The summed E-state index contributed by atoms with van der Waals surface area (Å²) in [5, 5.41) is 6.62. The van der Waals surface area contributed by atoms with Gasteiger partial charge in [0.2, 0.25) is 0 Å². The molecule has 0 fully saturated rings. The molecule has 0 bridgehead atoms. The zero-order valence-corrected chi connectivity index (χ0v) is 10.7. The molecule has 0 spiro atoms. The molecule has 2 rings (SSSR count). The van der Waals surface area contributed by atoms with Crippen LogP contribution in [0.3, 0.4) is 0 Å². The van der Waals surface area contributed by atoms with E-state index in [1.54, 1.807) is 13.8 Å². The molecule has 0 amide bonds. The Hall–Kier alpha value is -2.09. The third kappa shape index (κ3) is 2.14. The molecule has 0 aliphatic rings. The average molecular weight is 267 g/mol. The van der Waals surface area contributed by atoms with Gasteiger partial charge >= 0.3 is 0 Å². The van der Waals surface area contributed by atoms with E-state index in [0.29, 0.717) is 17.1 Å². The van der Waals surface area contributed by atoms with Crippen LogP contribution in [-0.2, 0) is 10.0 Å². The lowest BCUT2D eigenvalue weighted by Gasteiger charge is -2.09. The number of hydrogen-bond donors (Lipinski definition) is 3. The molecule has 7 nitrogen and oxygen atoms in total. The maximum atomic E-state index is 12.2. The number of aromatic amines is 1. The Bertz CT molecular complexity index is 658. The van der Waals surface area contributed by atoms with Crippen LogP contribution in [0.1, 0.15) is 11.4 Å². The molecule has 2 heterocycles. The topological polar surface area (TPSA) is 114 Å². The molecule has 8 heteroatoms. The van der Waals surface area contributed by atoms with Crippen LogP contribution >= 0.6 is 0 Å². The van der Waals surface area contributed by atoms with Crippen molar-refractivity contribution in [2.24, 2.45) is 0 Å². The van der Waals surface area contributed by atoms with E-state index in [-0.39, 0.29) is 10.6 Å². The molecule has 0 aromatic carbocycles. The first-order chi connectivity index (χ1) is 8.42. The number of nitrogens with one attached hydrogen (secondary N) is 2. The van der Waals surface area contributed by atoms with Crippen LogP contribution in [0.2, 0.25) is 0 Å². The summed E-state index contributed by atoms with van der Waals surface area (Å²) in [6.45, 7) is 3.43. The van der Waals surface area contributed by atoms with Gasteiger partial charge in [-0.25, -0.2) is 8.42 Å². The van der Waals surface area contributed by atoms with Gasteiger partial charge in [0.25, 0.3) is 10.0 Å². The SMILES string of the molecule is Cc1n[nH]c(C)c1NS(=O)(=O)c1cnccc1N. The van der Waals surface area contributed by atoms with Gasteiger partial charge in [-0.1, -0.05) is 0 Å². The summed E-state index contributed by atoms with van der Waals surface area (Å²) < 4.78 is 26.8. The summed E-state index contributed by atoms with van der Waals surface area (Å²) in [6, 6.07) is 1.43. The minimum Gasteiger partial charge on any atom is -0.398 e. The van der Waals surface area contributed by atoms with Gasteiger partial charge in [0.15, 0.2) is 0 Å². The standard InChI is InChI=1S/C10H13N5O2S/c1-6-10(7(2)14-13-6)15-18(16,17)9-5-12-4-3-8(9)11/h3-5,15H,1-2H3,(H2,11,12)(H,13,14). The molecular formula is C10H13N5O2S. The smallest absolute Gasteiger partial charge is 0.265 e. The van der Waals surface area contributed by atoms with Gasteiger partial charge in [-0.15, -0.1) is 0 Å². The lowest BCUT2D eigenvalue weighted by atomic mass is 10.3. The zero-order valence-electron chi connectivity index (χ0n) is 9.93. The van der Waals surface area contributed by atoms with Gasteiger partial charge in [0.05, 0.1) is 22.8 Å². The molecule has 0 radical (unpaired) electrons. The first-order valence-electron chi connectivity index (χ1n) is 5.15. The molecule has 2 aromatic heterocycles. The number of hydrogen-bond acceptors (Lipinski definition) is 5. The van der Waals surface area contributed by atoms with Crippen molar-refractivity contribution in [1.29, 1.82) is 0 Å². The van der Waals surface area contributed by atoms with Crippen LogP contribution in [0.15, 0.2) is 23.4 Å². The van der Waals surface area contributed by atoms with Crippen LogP contribution in [0.5, 0.6) is 0 Å². The van der Waals surface area contributed by atoms with Crippen molar-refractivity contribution < 1.29 is 8.42 Å². The minimum absolute atomic E-state index is 0.0509. The number of anilines is 2. The van der Waals surface area contributed by atoms with Crippen molar-refractivity contribution in [1.82, 2.24) is 15.2 Å². The van der Waals surface area contributed by atoms with Crippen LogP contribution in [0, 0.1) is 13.8 Å². The molecule has 18 heavy (non-hydrogen) atoms. The van der Waals surface area contributed by atoms with Crippen LogP contribution in [0.25, 0.3) is 0 Å². The van der Waals surface area contributed by atoms with E-state index in [0.717, 1.165) is 0 Å². The van der Waals surface area contributed by atoms with E-state index >= 15 is 0 Å². The van der Waals surface area contributed by atoms with Crippen molar-refractivity contribution in [2.75, 3.05) is 10.5 Å². The second-order valence-electron chi connectivity index (χ2n) is 3.83. The highest BCUT2D eigenvalue weighted by molar-refractivity contribution is 7.92. The second kappa shape index (κ2) is 4.30. The highest BCUT2D eigenvalue weighted by Gasteiger charge is 2.20. The number of nitrogens with two attached hydrogens (primary N) is 1. The van der Waals surface area contributed by atoms with Gasteiger partial charge in [0.1, 0.15) is 4.90 Å². The maximum absolute atomic E-state index is 12.2. The predicted octanol–water partition coefficient (Wildman–Crippen LogP) is 0.805. The molecule has 0 unspecified atom stereocenters. The molecular weight excluding hydrogens is 254 g/mol. The lowest BCUT2D eigenvalue weighted by molar-refractivity contribution is 0.601. The molecule has 0 saturated heterocycles. The van der Waals surface area contributed by atoms with E-state index in [2.05, 4.69) is 19.9 Å². The van der Waals surface area contributed by atoms with Crippen LogP contribution in [0.4, 0.5) is 11.4 Å². The maximum Gasteiger partial charge on any atom is 0.265 e. The summed E-state index contributed by atoms with van der Waals surface area (Å²) in [5.41, 5.74) is 7.41. The monoisotopic (exact) mass is 267 g/mol. The Morgan fingerprint density at radius 3 is 2.67 bits per heavy atom. The van der Waals surface area contributed by atoms with E-state index < -0.39 is 10.0 Å². The summed E-state index contributed by atoms with van der Waals surface area (Å²) in [6.07, 6.45) is 2.64. The highest BCUT2D eigenvalue weighted by Crippen LogP contribution is 2.23.